The molecule has 2 saturated carbocycles. The molecule has 2 fully saturated rings. The third-order valence-corrected chi connectivity index (χ3v) is 4.53. The second kappa shape index (κ2) is 5.41. The van der Waals surface area contributed by atoms with E-state index in [1.54, 1.807) is 7.11 Å². The number of imidazole rings is 1. The number of nitrogens with zero attached hydrogens (tertiary/aromatic N) is 2. The summed E-state index contributed by atoms with van der Waals surface area (Å²) in [7, 11) is 1.73. The zero-order valence-corrected chi connectivity index (χ0v) is 11.1. The van der Waals surface area contributed by atoms with Gasteiger partial charge >= 0.3 is 0 Å². The van der Waals surface area contributed by atoms with Crippen LogP contribution in [0.15, 0.2) is 12.5 Å². The fourth-order valence-corrected chi connectivity index (χ4v) is 3.62. The van der Waals surface area contributed by atoms with E-state index in [1.807, 2.05) is 6.33 Å². The van der Waals surface area contributed by atoms with Crippen molar-refractivity contribution in [1.29, 1.82) is 0 Å². The van der Waals surface area contributed by atoms with Crippen LogP contribution in [-0.4, -0.2) is 29.8 Å². The van der Waals surface area contributed by atoms with Gasteiger partial charge in [-0.15, -0.1) is 0 Å². The lowest BCUT2D eigenvalue weighted by Gasteiger charge is -2.22. The Morgan fingerprint density at radius 1 is 1.44 bits per heavy atom. The van der Waals surface area contributed by atoms with Crippen molar-refractivity contribution in [3.05, 3.63) is 18.2 Å². The van der Waals surface area contributed by atoms with Crippen LogP contribution in [0.5, 0.6) is 0 Å². The molecule has 3 atom stereocenters. The van der Waals surface area contributed by atoms with Crippen LogP contribution in [0.2, 0.25) is 0 Å². The van der Waals surface area contributed by atoms with E-state index in [1.165, 1.54) is 25.7 Å². The molecule has 18 heavy (non-hydrogen) atoms. The van der Waals surface area contributed by atoms with Crippen molar-refractivity contribution < 1.29 is 4.74 Å². The summed E-state index contributed by atoms with van der Waals surface area (Å²) in [6, 6.07) is 0.726. The van der Waals surface area contributed by atoms with Gasteiger partial charge in [-0.2, -0.15) is 0 Å². The number of fused-ring (bicyclic) bond motifs is 2. The second-order valence-corrected chi connectivity index (χ2v) is 5.72. The molecule has 3 unspecified atom stereocenters. The smallest absolute Gasteiger partial charge is 0.0952 e. The van der Waals surface area contributed by atoms with Gasteiger partial charge < -0.3 is 14.6 Å². The van der Waals surface area contributed by atoms with Crippen LogP contribution in [0, 0.1) is 11.8 Å². The van der Waals surface area contributed by atoms with E-state index < -0.39 is 0 Å². The number of aromatic nitrogens is 2. The van der Waals surface area contributed by atoms with E-state index in [4.69, 9.17) is 4.74 Å². The summed E-state index contributed by atoms with van der Waals surface area (Å²) in [6.45, 7) is 2.49. The van der Waals surface area contributed by atoms with Gasteiger partial charge in [0.1, 0.15) is 0 Å². The average molecular weight is 249 g/mol. The molecule has 1 aromatic rings. The predicted molar refractivity (Wildman–Crippen MR) is 70.3 cm³/mol. The summed E-state index contributed by atoms with van der Waals surface area (Å²) in [6.07, 6.45) is 9.96. The molecule has 0 spiro atoms. The maximum atomic E-state index is 5.01. The highest BCUT2D eigenvalue weighted by molar-refractivity contribution is 5.02. The van der Waals surface area contributed by atoms with Crippen molar-refractivity contribution in [2.24, 2.45) is 11.8 Å². The Morgan fingerprint density at radius 2 is 2.39 bits per heavy atom. The third-order valence-electron chi connectivity index (χ3n) is 4.53. The topological polar surface area (TPSA) is 39.1 Å². The van der Waals surface area contributed by atoms with Gasteiger partial charge in [0.15, 0.2) is 0 Å². The molecule has 0 amide bonds. The van der Waals surface area contributed by atoms with Gasteiger partial charge in [0.05, 0.1) is 18.6 Å². The first kappa shape index (κ1) is 12.2. The van der Waals surface area contributed by atoms with Crippen molar-refractivity contribution >= 4 is 0 Å². The maximum absolute atomic E-state index is 5.01. The number of hydrogen-bond acceptors (Lipinski definition) is 3. The quantitative estimate of drug-likeness (QED) is 0.784. The van der Waals surface area contributed by atoms with Crippen LogP contribution in [-0.2, 0) is 11.3 Å². The van der Waals surface area contributed by atoms with E-state index >= 15 is 0 Å². The maximum Gasteiger partial charge on any atom is 0.0952 e. The van der Waals surface area contributed by atoms with Gasteiger partial charge in [-0.3, -0.25) is 0 Å². The molecule has 4 nitrogen and oxygen atoms in total. The summed E-state index contributed by atoms with van der Waals surface area (Å²) in [5.41, 5.74) is 1.15. The molecule has 0 radical (unpaired) electrons. The molecule has 0 saturated heterocycles. The Labute approximate surface area is 109 Å². The summed E-state index contributed by atoms with van der Waals surface area (Å²) < 4.78 is 7.37. The highest BCUT2D eigenvalue weighted by Crippen LogP contribution is 2.50. The first-order valence-electron chi connectivity index (χ1n) is 7.09. The Balaban J connectivity index is 1.53. The zero-order chi connectivity index (χ0) is 12.4. The zero-order valence-electron chi connectivity index (χ0n) is 11.1. The summed E-state index contributed by atoms with van der Waals surface area (Å²) in [4.78, 5) is 4.50. The van der Waals surface area contributed by atoms with Crippen LogP contribution in [0.3, 0.4) is 0 Å². The molecule has 100 valence electrons. The molecule has 3 rings (SSSR count). The highest BCUT2D eigenvalue weighted by Gasteiger charge is 2.40. The molecule has 1 aromatic heterocycles. The monoisotopic (exact) mass is 249 g/mol. The average Bonchev–Trinajstić information content (AvgIpc) is 3.09. The van der Waals surface area contributed by atoms with Gasteiger partial charge in [0.25, 0.3) is 0 Å². The summed E-state index contributed by atoms with van der Waals surface area (Å²) in [5, 5.41) is 3.34. The van der Waals surface area contributed by atoms with E-state index in [0.29, 0.717) is 0 Å². The van der Waals surface area contributed by atoms with Gasteiger partial charge in [-0.25, -0.2) is 4.98 Å². The number of nitrogens with one attached hydrogen (secondary N) is 1. The molecule has 2 bridgehead atoms. The van der Waals surface area contributed by atoms with Crippen LogP contribution in [0.1, 0.15) is 37.4 Å². The molecule has 1 heterocycles. The predicted octanol–water partition coefficient (Wildman–Crippen LogP) is 1.98. The van der Waals surface area contributed by atoms with E-state index in [0.717, 1.165) is 43.3 Å². The Bertz CT molecular complexity index is 390. The number of hydrogen-bond donors (Lipinski definition) is 1. The fraction of sp³-hybridized carbons (Fsp3) is 0.786. The minimum absolute atomic E-state index is 0.726. The minimum atomic E-state index is 0.726. The van der Waals surface area contributed by atoms with Crippen molar-refractivity contribution in [1.82, 2.24) is 14.9 Å². The largest absolute Gasteiger partial charge is 0.383 e. The van der Waals surface area contributed by atoms with E-state index in [2.05, 4.69) is 21.1 Å². The minimum Gasteiger partial charge on any atom is -0.383 e. The molecule has 0 aliphatic heterocycles. The van der Waals surface area contributed by atoms with Crippen LogP contribution in [0.4, 0.5) is 0 Å². The Kier molecular flexibility index (Phi) is 3.66. The highest BCUT2D eigenvalue weighted by atomic mass is 16.5. The molecule has 4 heteroatoms. The van der Waals surface area contributed by atoms with Gasteiger partial charge in [-0.1, -0.05) is 6.42 Å². The normalized spacial score (nSPS) is 30.2. The van der Waals surface area contributed by atoms with Crippen molar-refractivity contribution in [2.45, 2.75) is 38.3 Å². The van der Waals surface area contributed by atoms with Crippen molar-refractivity contribution in [3.8, 4) is 0 Å². The SMILES string of the molecule is COCCNCc1cn(C2CC3CCC2C3)cn1. The summed E-state index contributed by atoms with van der Waals surface area (Å²) in [5.74, 6) is 1.91. The molecule has 0 aromatic carbocycles. The van der Waals surface area contributed by atoms with Crippen LogP contribution >= 0.6 is 0 Å². The lowest BCUT2D eigenvalue weighted by molar-refractivity contribution is 0.199. The van der Waals surface area contributed by atoms with Gasteiger partial charge in [-0.05, 0) is 31.1 Å². The van der Waals surface area contributed by atoms with Gasteiger partial charge in [0, 0.05) is 32.4 Å². The van der Waals surface area contributed by atoms with Crippen molar-refractivity contribution in [2.75, 3.05) is 20.3 Å². The lowest BCUT2D eigenvalue weighted by Crippen LogP contribution is -2.19. The number of methoxy groups -OCH3 is 1. The molecule has 1 N–H and O–H groups in total. The molecule has 2 aliphatic rings. The first-order chi connectivity index (χ1) is 8.86. The summed E-state index contributed by atoms with van der Waals surface area (Å²) >= 11 is 0. The Hall–Kier alpha value is -0.870. The second-order valence-electron chi connectivity index (χ2n) is 5.72. The fourth-order valence-electron chi connectivity index (χ4n) is 3.62. The molecular formula is C14H23N3O. The third kappa shape index (κ3) is 2.45. The standard InChI is InChI=1S/C14H23N3O/c1-18-5-4-15-8-13-9-17(10-16-13)14-7-11-2-3-12(14)6-11/h9-12,14-15H,2-8H2,1H3. The lowest BCUT2D eigenvalue weighted by atomic mass is 9.95. The molecular weight excluding hydrogens is 226 g/mol. The van der Waals surface area contributed by atoms with Crippen molar-refractivity contribution in [3.63, 3.8) is 0 Å². The van der Waals surface area contributed by atoms with E-state index in [9.17, 15) is 0 Å². The first-order valence-corrected chi connectivity index (χ1v) is 7.09. The van der Waals surface area contributed by atoms with E-state index in [-0.39, 0.29) is 0 Å². The van der Waals surface area contributed by atoms with Gasteiger partial charge in [0.2, 0.25) is 0 Å². The molecule has 2 aliphatic carbocycles. The number of ether oxygens (including phenoxy) is 1. The van der Waals surface area contributed by atoms with Crippen LogP contribution in [0.25, 0.3) is 0 Å². The van der Waals surface area contributed by atoms with Crippen LogP contribution < -0.4 is 5.32 Å². The number of rotatable bonds is 6. The Morgan fingerprint density at radius 3 is 3.11 bits per heavy atom.